The number of nitrogens with two attached hydrogens (primary N) is 1. The number of amides is 1. The average molecular weight is 342 g/mol. The van der Waals surface area contributed by atoms with Crippen LogP contribution in [0.1, 0.15) is 12.0 Å². The molecule has 20 heavy (non-hydrogen) atoms. The van der Waals surface area contributed by atoms with Crippen molar-refractivity contribution in [2.24, 2.45) is 5.73 Å². The zero-order valence-electron chi connectivity index (χ0n) is 11.2. The van der Waals surface area contributed by atoms with E-state index in [-0.39, 0.29) is 30.8 Å². The Hall–Kier alpha value is -0.520. The minimum Gasteiger partial charge on any atom is -0.380 e. The predicted octanol–water partition coefficient (Wildman–Crippen LogP) is 2.44. The van der Waals surface area contributed by atoms with E-state index in [1.165, 1.54) is 7.11 Å². The van der Waals surface area contributed by atoms with E-state index in [0.717, 1.165) is 5.56 Å². The number of rotatable bonds is 7. The van der Waals surface area contributed by atoms with Crippen LogP contribution in [0.15, 0.2) is 18.2 Å². The molecule has 1 rings (SSSR count). The first-order valence-corrected chi connectivity index (χ1v) is 6.76. The van der Waals surface area contributed by atoms with Gasteiger partial charge in [-0.2, -0.15) is 0 Å². The first-order chi connectivity index (χ1) is 9.08. The third kappa shape index (κ3) is 6.29. The number of nitrogens with one attached hydrogen (secondary N) is 1. The van der Waals surface area contributed by atoms with Gasteiger partial charge >= 0.3 is 0 Å². The molecule has 1 atom stereocenters. The Morgan fingerprint density at radius 3 is 2.50 bits per heavy atom. The second kappa shape index (κ2) is 10.2. The maximum absolute atomic E-state index is 11.6. The Morgan fingerprint density at radius 1 is 1.40 bits per heavy atom. The molecule has 1 aromatic carbocycles. The maximum atomic E-state index is 11.6. The molecule has 0 saturated heterocycles. The second-order valence-corrected chi connectivity index (χ2v) is 4.91. The van der Waals surface area contributed by atoms with E-state index < -0.39 is 0 Å². The normalized spacial score (nSPS) is 11.6. The van der Waals surface area contributed by atoms with Crippen LogP contribution in [0.5, 0.6) is 0 Å². The average Bonchev–Trinajstić information content (AvgIpc) is 2.39. The van der Waals surface area contributed by atoms with E-state index in [2.05, 4.69) is 5.32 Å². The summed E-state index contributed by atoms with van der Waals surface area (Å²) < 4.78 is 5.04. The molecule has 114 valence electrons. The third-order valence-corrected chi connectivity index (χ3v) is 3.48. The van der Waals surface area contributed by atoms with Crippen LogP contribution >= 0.6 is 35.6 Å². The van der Waals surface area contributed by atoms with Crippen LogP contribution in [0.3, 0.4) is 0 Å². The SMILES string of the molecule is COC(CN)CC(=O)NCCc1c(Cl)cccc1Cl.Cl. The van der Waals surface area contributed by atoms with Crippen molar-refractivity contribution in [3.05, 3.63) is 33.8 Å². The molecule has 1 unspecified atom stereocenters. The molecule has 0 aliphatic carbocycles. The van der Waals surface area contributed by atoms with Crippen LogP contribution in [0.4, 0.5) is 0 Å². The molecule has 1 aromatic rings. The number of carbonyl (C=O) groups is 1. The van der Waals surface area contributed by atoms with Crippen molar-refractivity contribution in [1.82, 2.24) is 5.32 Å². The summed E-state index contributed by atoms with van der Waals surface area (Å²) in [7, 11) is 1.54. The lowest BCUT2D eigenvalue weighted by Crippen LogP contribution is -2.33. The number of methoxy groups -OCH3 is 1. The van der Waals surface area contributed by atoms with Gasteiger partial charge in [-0.1, -0.05) is 29.3 Å². The first kappa shape index (κ1) is 19.5. The molecule has 0 fully saturated rings. The highest BCUT2D eigenvalue weighted by molar-refractivity contribution is 6.35. The quantitative estimate of drug-likeness (QED) is 0.800. The Morgan fingerprint density at radius 2 is 2.00 bits per heavy atom. The maximum Gasteiger partial charge on any atom is 0.222 e. The molecule has 4 nitrogen and oxygen atoms in total. The number of ether oxygens (including phenoxy) is 1. The molecule has 0 aromatic heterocycles. The van der Waals surface area contributed by atoms with Gasteiger partial charge < -0.3 is 15.8 Å². The van der Waals surface area contributed by atoms with E-state index in [9.17, 15) is 4.79 Å². The van der Waals surface area contributed by atoms with E-state index >= 15 is 0 Å². The van der Waals surface area contributed by atoms with Gasteiger partial charge in [-0.3, -0.25) is 4.79 Å². The van der Waals surface area contributed by atoms with Crippen LogP contribution in [-0.4, -0.2) is 32.2 Å². The second-order valence-electron chi connectivity index (χ2n) is 4.10. The lowest BCUT2D eigenvalue weighted by molar-refractivity contribution is -0.123. The zero-order valence-corrected chi connectivity index (χ0v) is 13.5. The summed E-state index contributed by atoms with van der Waals surface area (Å²) in [6.07, 6.45) is 0.595. The van der Waals surface area contributed by atoms with Crippen molar-refractivity contribution in [3.63, 3.8) is 0 Å². The van der Waals surface area contributed by atoms with E-state index in [0.29, 0.717) is 29.6 Å². The van der Waals surface area contributed by atoms with Gasteiger partial charge in [0.15, 0.2) is 0 Å². The zero-order chi connectivity index (χ0) is 14.3. The molecule has 0 aliphatic heterocycles. The van der Waals surface area contributed by atoms with Crippen molar-refractivity contribution in [1.29, 1.82) is 0 Å². The lowest BCUT2D eigenvalue weighted by Gasteiger charge is -2.13. The molecule has 7 heteroatoms. The minimum atomic E-state index is -0.246. The summed E-state index contributed by atoms with van der Waals surface area (Å²) in [5, 5.41) is 4.01. The molecule has 0 radical (unpaired) electrons. The highest BCUT2D eigenvalue weighted by atomic mass is 35.5. The molecule has 0 saturated carbocycles. The predicted molar refractivity (Wildman–Crippen MR) is 84.9 cm³/mol. The molecule has 3 N–H and O–H groups in total. The summed E-state index contributed by atoms with van der Waals surface area (Å²) in [6, 6.07) is 5.34. The number of hydrogen-bond acceptors (Lipinski definition) is 3. The van der Waals surface area contributed by atoms with Gasteiger partial charge in [0.05, 0.1) is 12.5 Å². The van der Waals surface area contributed by atoms with Crippen LogP contribution in [0.25, 0.3) is 0 Å². The molecular formula is C13H19Cl3N2O2. The van der Waals surface area contributed by atoms with Crippen molar-refractivity contribution >= 4 is 41.5 Å². The summed E-state index contributed by atoms with van der Waals surface area (Å²) in [5.74, 6) is -0.0968. The van der Waals surface area contributed by atoms with Gasteiger partial charge in [-0.05, 0) is 24.1 Å². The summed E-state index contributed by atoms with van der Waals surface area (Å²) in [6.45, 7) is 0.795. The summed E-state index contributed by atoms with van der Waals surface area (Å²) in [4.78, 5) is 11.6. The Labute approximate surface area is 135 Å². The lowest BCUT2D eigenvalue weighted by atomic mass is 10.1. The van der Waals surface area contributed by atoms with Gasteiger partial charge in [0.2, 0.25) is 5.91 Å². The van der Waals surface area contributed by atoms with Crippen molar-refractivity contribution in [3.8, 4) is 0 Å². The van der Waals surface area contributed by atoms with Gasteiger partial charge in [-0.15, -0.1) is 12.4 Å². The van der Waals surface area contributed by atoms with Gasteiger partial charge in [-0.25, -0.2) is 0 Å². The van der Waals surface area contributed by atoms with E-state index in [1.807, 2.05) is 0 Å². The topological polar surface area (TPSA) is 64.3 Å². The van der Waals surface area contributed by atoms with Crippen LogP contribution in [0.2, 0.25) is 10.0 Å². The largest absolute Gasteiger partial charge is 0.380 e. The van der Waals surface area contributed by atoms with Gasteiger partial charge in [0.1, 0.15) is 0 Å². The molecule has 0 heterocycles. The monoisotopic (exact) mass is 340 g/mol. The highest BCUT2D eigenvalue weighted by Gasteiger charge is 2.11. The van der Waals surface area contributed by atoms with Crippen LogP contribution in [-0.2, 0) is 16.0 Å². The first-order valence-electron chi connectivity index (χ1n) is 6.01. The van der Waals surface area contributed by atoms with E-state index in [1.54, 1.807) is 18.2 Å². The number of benzene rings is 1. The van der Waals surface area contributed by atoms with Crippen LogP contribution < -0.4 is 11.1 Å². The molecule has 0 spiro atoms. The van der Waals surface area contributed by atoms with Crippen LogP contribution in [0, 0.1) is 0 Å². The minimum absolute atomic E-state index is 0. The number of carbonyl (C=O) groups excluding carboxylic acids is 1. The fraction of sp³-hybridized carbons (Fsp3) is 0.462. The number of halogens is 3. The molecule has 0 bridgehead atoms. The fourth-order valence-electron chi connectivity index (χ4n) is 1.64. The molecule has 1 amide bonds. The van der Waals surface area contributed by atoms with Crippen molar-refractivity contribution in [2.45, 2.75) is 18.9 Å². The Kier molecular flexibility index (Phi) is 9.98. The van der Waals surface area contributed by atoms with Crippen molar-refractivity contribution < 1.29 is 9.53 Å². The van der Waals surface area contributed by atoms with Gasteiger partial charge in [0, 0.05) is 30.2 Å². The molecular weight excluding hydrogens is 323 g/mol. The highest BCUT2D eigenvalue weighted by Crippen LogP contribution is 2.24. The third-order valence-electron chi connectivity index (χ3n) is 2.77. The smallest absolute Gasteiger partial charge is 0.222 e. The standard InChI is InChI=1S/C13H18Cl2N2O2.ClH/c1-19-9(8-16)7-13(18)17-6-5-10-11(14)3-2-4-12(10)15;/h2-4,9H,5-8,16H2,1H3,(H,17,18);1H. The Balaban J connectivity index is 0.00000361. The Bertz CT molecular complexity index is 406. The fourth-order valence-corrected chi connectivity index (χ4v) is 2.23. The molecule has 0 aliphatic rings. The number of hydrogen-bond donors (Lipinski definition) is 2. The van der Waals surface area contributed by atoms with E-state index in [4.69, 9.17) is 33.7 Å². The summed E-state index contributed by atoms with van der Waals surface area (Å²) in [5.41, 5.74) is 6.29. The van der Waals surface area contributed by atoms with Gasteiger partial charge in [0.25, 0.3) is 0 Å². The van der Waals surface area contributed by atoms with Crippen molar-refractivity contribution in [2.75, 3.05) is 20.2 Å². The summed E-state index contributed by atoms with van der Waals surface area (Å²) >= 11 is 12.1.